The first-order valence-electron chi connectivity index (χ1n) is 9.69. The maximum absolute atomic E-state index is 12.3. The zero-order valence-electron chi connectivity index (χ0n) is 16.5. The SMILES string of the molecule is CC1CN(Cc2ccc(C(=O)OCc3coc(-c4cccs4)n3)cc2)CC(C)O1. The highest BCUT2D eigenvalue weighted by Gasteiger charge is 2.22. The van der Waals surface area contributed by atoms with Crippen molar-refractivity contribution in [3.63, 3.8) is 0 Å². The summed E-state index contributed by atoms with van der Waals surface area (Å²) in [4.78, 5) is 20.0. The summed E-state index contributed by atoms with van der Waals surface area (Å²) in [7, 11) is 0. The van der Waals surface area contributed by atoms with Gasteiger partial charge in [0.2, 0.25) is 5.89 Å². The van der Waals surface area contributed by atoms with E-state index in [1.807, 2.05) is 41.8 Å². The predicted octanol–water partition coefficient (Wildman–Crippen LogP) is 4.37. The van der Waals surface area contributed by atoms with Crippen LogP contribution < -0.4 is 0 Å². The summed E-state index contributed by atoms with van der Waals surface area (Å²) in [5, 5.41) is 1.96. The van der Waals surface area contributed by atoms with Gasteiger partial charge in [0.25, 0.3) is 0 Å². The molecule has 1 fully saturated rings. The van der Waals surface area contributed by atoms with Gasteiger partial charge >= 0.3 is 5.97 Å². The molecule has 1 aliphatic rings. The summed E-state index contributed by atoms with van der Waals surface area (Å²) in [6.07, 6.45) is 2.00. The fourth-order valence-electron chi connectivity index (χ4n) is 3.53. The molecule has 3 heterocycles. The topological polar surface area (TPSA) is 64.8 Å². The van der Waals surface area contributed by atoms with E-state index in [4.69, 9.17) is 13.9 Å². The second kappa shape index (κ2) is 8.90. The second-order valence-electron chi connectivity index (χ2n) is 7.35. The number of esters is 1. The molecule has 0 N–H and O–H groups in total. The molecular weight excluding hydrogens is 388 g/mol. The Kier molecular flexibility index (Phi) is 6.08. The Morgan fingerprint density at radius 1 is 1.21 bits per heavy atom. The number of rotatable bonds is 6. The average molecular weight is 413 g/mol. The van der Waals surface area contributed by atoms with E-state index in [-0.39, 0.29) is 24.8 Å². The van der Waals surface area contributed by atoms with Gasteiger partial charge in [0.1, 0.15) is 18.6 Å². The first kappa shape index (κ1) is 19.8. The minimum absolute atomic E-state index is 0.0824. The summed E-state index contributed by atoms with van der Waals surface area (Å²) >= 11 is 1.55. The Hall–Kier alpha value is -2.48. The van der Waals surface area contributed by atoms with Crippen molar-refractivity contribution in [2.45, 2.75) is 39.2 Å². The Morgan fingerprint density at radius 3 is 2.66 bits per heavy atom. The van der Waals surface area contributed by atoms with Crippen molar-refractivity contribution in [1.29, 1.82) is 0 Å². The molecule has 0 aliphatic carbocycles. The van der Waals surface area contributed by atoms with Crippen LogP contribution in [-0.4, -0.2) is 41.2 Å². The molecule has 0 bridgehead atoms. The van der Waals surface area contributed by atoms with Crippen LogP contribution in [0, 0.1) is 0 Å². The standard InChI is InChI=1S/C22H24N2O4S/c1-15-10-24(11-16(2)28-15)12-17-5-7-18(8-6-17)22(25)27-14-19-13-26-21(23-19)20-4-3-9-29-20/h3-9,13,15-16H,10-12,14H2,1-2H3. The van der Waals surface area contributed by atoms with Gasteiger partial charge in [-0.2, -0.15) is 0 Å². The Bertz CT molecular complexity index is 926. The minimum Gasteiger partial charge on any atom is -0.455 e. The fraction of sp³-hybridized carbons (Fsp3) is 0.364. The highest BCUT2D eigenvalue weighted by atomic mass is 32.1. The third-order valence-electron chi connectivity index (χ3n) is 4.73. The molecule has 6 nitrogen and oxygen atoms in total. The number of carbonyl (C=O) groups is 1. The van der Waals surface area contributed by atoms with E-state index >= 15 is 0 Å². The van der Waals surface area contributed by atoms with Gasteiger partial charge in [0, 0.05) is 19.6 Å². The van der Waals surface area contributed by atoms with Crippen LogP contribution in [0.1, 0.15) is 35.5 Å². The highest BCUT2D eigenvalue weighted by Crippen LogP contribution is 2.24. The third-order valence-corrected chi connectivity index (χ3v) is 5.58. The van der Waals surface area contributed by atoms with Crippen LogP contribution >= 0.6 is 11.3 Å². The summed E-state index contributed by atoms with van der Waals surface area (Å²) < 4.78 is 16.6. The maximum atomic E-state index is 12.3. The molecule has 0 amide bonds. The van der Waals surface area contributed by atoms with E-state index in [1.54, 1.807) is 11.3 Å². The van der Waals surface area contributed by atoms with E-state index in [1.165, 1.54) is 11.8 Å². The zero-order valence-corrected chi connectivity index (χ0v) is 17.4. The first-order chi connectivity index (χ1) is 14.1. The molecule has 2 aromatic heterocycles. The quantitative estimate of drug-likeness (QED) is 0.560. The van der Waals surface area contributed by atoms with Crippen LogP contribution in [-0.2, 0) is 22.6 Å². The van der Waals surface area contributed by atoms with Crippen molar-refractivity contribution < 1.29 is 18.7 Å². The number of hydrogen-bond donors (Lipinski definition) is 0. The van der Waals surface area contributed by atoms with Crippen LogP contribution in [0.2, 0.25) is 0 Å². The van der Waals surface area contributed by atoms with Gasteiger partial charge in [-0.05, 0) is 43.0 Å². The third kappa shape index (κ3) is 5.12. The number of aromatic nitrogens is 1. The van der Waals surface area contributed by atoms with Crippen molar-refractivity contribution >= 4 is 17.3 Å². The second-order valence-corrected chi connectivity index (χ2v) is 8.29. The zero-order chi connectivity index (χ0) is 20.2. The highest BCUT2D eigenvalue weighted by molar-refractivity contribution is 7.13. The molecule has 3 aromatic rings. The van der Waals surface area contributed by atoms with E-state index in [0.29, 0.717) is 17.1 Å². The van der Waals surface area contributed by atoms with Crippen molar-refractivity contribution in [3.05, 3.63) is 64.9 Å². The number of morpholine rings is 1. The van der Waals surface area contributed by atoms with Crippen molar-refractivity contribution in [1.82, 2.24) is 9.88 Å². The monoisotopic (exact) mass is 412 g/mol. The molecule has 2 atom stereocenters. The van der Waals surface area contributed by atoms with Crippen molar-refractivity contribution in [3.8, 4) is 10.8 Å². The molecule has 4 rings (SSSR count). The lowest BCUT2D eigenvalue weighted by Crippen LogP contribution is -2.44. The molecule has 0 spiro atoms. The van der Waals surface area contributed by atoms with Crippen LogP contribution in [0.25, 0.3) is 10.8 Å². The summed E-state index contributed by atoms with van der Waals surface area (Å²) in [6.45, 7) is 6.95. The first-order valence-corrected chi connectivity index (χ1v) is 10.6. The molecule has 0 radical (unpaired) electrons. The number of nitrogens with zero attached hydrogens (tertiary/aromatic N) is 2. The van der Waals surface area contributed by atoms with Crippen LogP contribution in [0.5, 0.6) is 0 Å². The number of oxazole rings is 1. The smallest absolute Gasteiger partial charge is 0.338 e. The lowest BCUT2D eigenvalue weighted by Gasteiger charge is -2.35. The van der Waals surface area contributed by atoms with Gasteiger partial charge in [-0.1, -0.05) is 18.2 Å². The predicted molar refractivity (Wildman–Crippen MR) is 111 cm³/mol. The Balaban J connectivity index is 1.30. The van der Waals surface area contributed by atoms with Gasteiger partial charge in [0.05, 0.1) is 22.6 Å². The van der Waals surface area contributed by atoms with Crippen LogP contribution in [0.3, 0.4) is 0 Å². The molecule has 2 unspecified atom stereocenters. The summed E-state index contributed by atoms with van der Waals surface area (Å²) in [6, 6.07) is 11.5. The van der Waals surface area contributed by atoms with Crippen LogP contribution in [0.15, 0.2) is 52.5 Å². The van der Waals surface area contributed by atoms with E-state index in [0.717, 1.165) is 24.5 Å². The average Bonchev–Trinajstić information content (AvgIpc) is 3.37. The number of thiophene rings is 1. The molecule has 29 heavy (non-hydrogen) atoms. The molecule has 7 heteroatoms. The van der Waals surface area contributed by atoms with E-state index in [2.05, 4.69) is 23.7 Å². The van der Waals surface area contributed by atoms with Crippen LogP contribution in [0.4, 0.5) is 0 Å². The summed E-state index contributed by atoms with van der Waals surface area (Å²) in [5.74, 6) is 0.174. The molecular formula is C22H24N2O4S. The summed E-state index contributed by atoms with van der Waals surface area (Å²) in [5.41, 5.74) is 2.29. The largest absolute Gasteiger partial charge is 0.455 e. The van der Waals surface area contributed by atoms with Gasteiger partial charge in [-0.25, -0.2) is 9.78 Å². The number of ether oxygens (including phenoxy) is 2. The molecule has 1 aromatic carbocycles. The normalized spacial score (nSPS) is 19.9. The number of carbonyl (C=O) groups excluding carboxylic acids is 1. The van der Waals surface area contributed by atoms with Crippen molar-refractivity contribution in [2.24, 2.45) is 0 Å². The lowest BCUT2D eigenvalue weighted by molar-refractivity contribution is -0.0704. The van der Waals surface area contributed by atoms with Gasteiger partial charge in [-0.15, -0.1) is 11.3 Å². The molecule has 1 saturated heterocycles. The number of hydrogen-bond acceptors (Lipinski definition) is 7. The minimum atomic E-state index is -0.370. The molecule has 0 saturated carbocycles. The number of benzene rings is 1. The maximum Gasteiger partial charge on any atom is 0.338 e. The lowest BCUT2D eigenvalue weighted by atomic mass is 10.1. The van der Waals surface area contributed by atoms with Gasteiger partial charge in [-0.3, -0.25) is 4.90 Å². The Labute approximate surface area is 174 Å². The van der Waals surface area contributed by atoms with Gasteiger partial charge < -0.3 is 13.9 Å². The Morgan fingerprint density at radius 2 is 1.97 bits per heavy atom. The molecule has 152 valence electrons. The fourth-order valence-corrected chi connectivity index (χ4v) is 4.18. The molecule has 1 aliphatic heterocycles. The van der Waals surface area contributed by atoms with Gasteiger partial charge in [0.15, 0.2) is 0 Å². The van der Waals surface area contributed by atoms with E-state index in [9.17, 15) is 4.79 Å². The van der Waals surface area contributed by atoms with Crippen molar-refractivity contribution in [2.75, 3.05) is 13.1 Å². The van der Waals surface area contributed by atoms with E-state index < -0.39 is 0 Å².